The summed E-state index contributed by atoms with van der Waals surface area (Å²) in [6, 6.07) is 4.35. The molecule has 2 rings (SSSR count). The van der Waals surface area contributed by atoms with E-state index >= 15 is 0 Å². The van der Waals surface area contributed by atoms with Gasteiger partial charge in [-0.25, -0.2) is 5.43 Å². The molecule has 0 aliphatic carbocycles. The predicted octanol–water partition coefficient (Wildman–Crippen LogP) is 0.643. The molecule has 0 aromatic heterocycles. The molecule has 0 fully saturated rings. The first-order valence-electron chi connectivity index (χ1n) is 5.73. The van der Waals surface area contributed by atoms with Crippen LogP contribution in [-0.4, -0.2) is 23.4 Å². The fourth-order valence-electron chi connectivity index (χ4n) is 1.63. The molecule has 104 valence electrons. The van der Waals surface area contributed by atoms with Gasteiger partial charge in [-0.05, 0) is 18.2 Å². The Labute approximate surface area is 119 Å². The standard InChI is InChI=1S/C12H11ClN4O3/c13-8-5-6(1-2-7(8)11(14)19)15-12(20)9-3-4-10(18)17-16-9/h1-2,5H,3-4H2,(H2,14,19)(H,15,20)(H,17,18). The first-order valence-corrected chi connectivity index (χ1v) is 6.11. The molecule has 0 spiro atoms. The summed E-state index contributed by atoms with van der Waals surface area (Å²) in [5.74, 6) is -1.31. The van der Waals surface area contributed by atoms with Gasteiger partial charge in [-0.1, -0.05) is 11.6 Å². The number of nitrogens with one attached hydrogen (secondary N) is 2. The Morgan fingerprint density at radius 1 is 1.35 bits per heavy atom. The third kappa shape index (κ3) is 3.12. The number of carbonyl (C=O) groups is 3. The summed E-state index contributed by atoms with van der Waals surface area (Å²) >= 11 is 5.87. The van der Waals surface area contributed by atoms with E-state index in [1.165, 1.54) is 18.2 Å². The van der Waals surface area contributed by atoms with Crippen LogP contribution in [0, 0.1) is 0 Å². The van der Waals surface area contributed by atoms with Crippen molar-refractivity contribution in [3.05, 3.63) is 28.8 Å². The van der Waals surface area contributed by atoms with E-state index in [4.69, 9.17) is 17.3 Å². The van der Waals surface area contributed by atoms with Gasteiger partial charge in [0.15, 0.2) is 0 Å². The number of carbonyl (C=O) groups excluding carboxylic acids is 3. The van der Waals surface area contributed by atoms with Gasteiger partial charge in [0.05, 0.1) is 10.6 Å². The number of hydrogen-bond acceptors (Lipinski definition) is 4. The second-order valence-electron chi connectivity index (χ2n) is 4.11. The van der Waals surface area contributed by atoms with Crippen molar-refractivity contribution in [2.75, 3.05) is 5.32 Å². The van der Waals surface area contributed by atoms with Crippen LogP contribution in [0.4, 0.5) is 5.69 Å². The van der Waals surface area contributed by atoms with Gasteiger partial charge in [-0.3, -0.25) is 14.4 Å². The summed E-state index contributed by atoms with van der Waals surface area (Å²) in [7, 11) is 0. The second-order valence-corrected chi connectivity index (χ2v) is 4.51. The van der Waals surface area contributed by atoms with Crippen molar-refractivity contribution in [2.24, 2.45) is 10.8 Å². The summed E-state index contributed by atoms with van der Waals surface area (Å²) in [5, 5.41) is 6.40. The summed E-state index contributed by atoms with van der Waals surface area (Å²) in [6.45, 7) is 0. The third-order valence-electron chi connectivity index (χ3n) is 2.66. The number of primary amides is 1. The van der Waals surface area contributed by atoms with Gasteiger partial charge < -0.3 is 11.1 Å². The third-order valence-corrected chi connectivity index (χ3v) is 2.97. The molecule has 0 saturated heterocycles. The fraction of sp³-hybridized carbons (Fsp3) is 0.167. The summed E-state index contributed by atoms with van der Waals surface area (Å²) < 4.78 is 0. The molecule has 8 heteroatoms. The lowest BCUT2D eigenvalue weighted by atomic mass is 10.1. The first kappa shape index (κ1) is 14.0. The highest BCUT2D eigenvalue weighted by Gasteiger charge is 2.18. The van der Waals surface area contributed by atoms with Crippen LogP contribution in [0.15, 0.2) is 23.3 Å². The SMILES string of the molecule is NC(=O)c1ccc(NC(=O)C2=NNC(=O)CC2)cc1Cl. The normalized spacial score (nSPS) is 14.2. The number of anilines is 1. The van der Waals surface area contributed by atoms with Gasteiger partial charge in [0, 0.05) is 18.5 Å². The van der Waals surface area contributed by atoms with Gasteiger partial charge in [-0.15, -0.1) is 0 Å². The van der Waals surface area contributed by atoms with Crippen LogP contribution >= 0.6 is 11.6 Å². The van der Waals surface area contributed by atoms with E-state index in [2.05, 4.69) is 15.8 Å². The van der Waals surface area contributed by atoms with E-state index in [-0.39, 0.29) is 35.0 Å². The van der Waals surface area contributed by atoms with Crippen LogP contribution in [0.25, 0.3) is 0 Å². The van der Waals surface area contributed by atoms with Crippen LogP contribution in [0.3, 0.4) is 0 Å². The average molecular weight is 295 g/mol. The van der Waals surface area contributed by atoms with Gasteiger partial charge in [0.2, 0.25) is 11.8 Å². The average Bonchev–Trinajstić information content (AvgIpc) is 2.39. The Morgan fingerprint density at radius 2 is 2.10 bits per heavy atom. The van der Waals surface area contributed by atoms with E-state index in [0.717, 1.165) is 0 Å². The topological polar surface area (TPSA) is 114 Å². The Hall–Kier alpha value is -2.41. The minimum atomic E-state index is -0.646. The number of rotatable bonds is 3. The fourth-order valence-corrected chi connectivity index (χ4v) is 1.91. The number of halogens is 1. The van der Waals surface area contributed by atoms with E-state index in [1.807, 2.05) is 0 Å². The van der Waals surface area contributed by atoms with Crippen LogP contribution in [0.2, 0.25) is 5.02 Å². The van der Waals surface area contributed by atoms with E-state index in [9.17, 15) is 14.4 Å². The maximum Gasteiger partial charge on any atom is 0.271 e. The molecule has 0 unspecified atom stereocenters. The predicted molar refractivity (Wildman–Crippen MR) is 73.4 cm³/mol. The maximum absolute atomic E-state index is 11.9. The van der Waals surface area contributed by atoms with Crippen LogP contribution in [0.1, 0.15) is 23.2 Å². The zero-order chi connectivity index (χ0) is 14.7. The summed E-state index contributed by atoms with van der Waals surface area (Å²) in [4.78, 5) is 33.8. The van der Waals surface area contributed by atoms with Crippen molar-refractivity contribution in [1.82, 2.24) is 5.43 Å². The molecule has 1 aromatic rings. The van der Waals surface area contributed by atoms with E-state index in [0.29, 0.717) is 5.69 Å². The second kappa shape index (κ2) is 5.70. The monoisotopic (exact) mass is 294 g/mol. The maximum atomic E-state index is 11.9. The molecule has 0 radical (unpaired) electrons. The lowest BCUT2D eigenvalue weighted by molar-refractivity contribution is -0.121. The van der Waals surface area contributed by atoms with Crippen molar-refractivity contribution in [2.45, 2.75) is 12.8 Å². The van der Waals surface area contributed by atoms with Crippen molar-refractivity contribution >= 4 is 40.7 Å². The van der Waals surface area contributed by atoms with E-state index < -0.39 is 11.8 Å². The lowest BCUT2D eigenvalue weighted by Gasteiger charge is -2.12. The molecule has 4 N–H and O–H groups in total. The molecule has 0 atom stereocenters. The summed E-state index contributed by atoms with van der Waals surface area (Å²) in [5.41, 5.74) is 8.16. The highest BCUT2D eigenvalue weighted by Crippen LogP contribution is 2.20. The molecular formula is C12H11ClN4O3. The molecule has 1 aliphatic heterocycles. The highest BCUT2D eigenvalue weighted by molar-refractivity contribution is 6.43. The summed E-state index contributed by atoms with van der Waals surface area (Å²) in [6.07, 6.45) is 0.485. The minimum Gasteiger partial charge on any atom is -0.366 e. The molecule has 0 saturated carbocycles. The Morgan fingerprint density at radius 3 is 2.65 bits per heavy atom. The van der Waals surface area contributed by atoms with Crippen molar-refractivity contribution < 1.29 is 14.4 Å². The van der Waals surface area contributed by atoms with Crippen molar-refractivity contribution in [1.29, 1.82) is 0 Å². The smallest absolute Gasteiger partial charge is 0.271 e. The number of nitrogens with zero attached hydrogens (tertiary/aromatic N) is 1. The molecule has 1 aliphatic rings. The minimum absolute atomic E-state index is 0.147. The molecule has 0 bridgehead atoms. The van der Waals surface area contributed by atoms with Gasteiger partial charge in [0.1, 0.15) is 5.71 Å². The highest BCUT2D eigenvalue weighted by atomic mass is 35.5. The zero-order valence-electron chi connectivity index (χ0n) is 10.3. The number of nitrogens with two attached hydrogens (primary N) is 1. The number of amides is 3. The van der Waals surface area contributed by atoms with Crippen LogP contribution < -0.4 is 16.5 Å². The molecule has 1 aromatic carbocycles. The van der Waals surface area contributed by atoms with Gasteiger partial charge in [0.25, 0.3) is 5.91 Å². The van der Waals surface area contributed by atoms with Gasteiger partial charge >= 0.3 is 0 Å². The van der Waals surface area contributed by atoms with Crippen LogP contribution in [-0.2, 0) is 9.59 Å². The van der Waals surface area contributed by atoms with Crippen LogP contribution in [0.5, 0.6) is 0 Å². The van der Waals surface area contributed by atoms with E-state index in [1.54, 1.807) is 0 Å². The lowest BCUT2D eigenvalue weighted by Crippen LogP contribution is -2.32. The first-order chi connectivity index (χ1) is 9.47. The Balaban J connectivity index is 2.10. The Bertz CT molecular complexity index is 627. The molecule has 7 nitrogen and oxygen atoms in total. The quantitative estimate of drug-likeness (QED) is 0.760. The zero-order valence-corrected chi connectivity index (χ0v) is 11.0. The molecule has 3 amide bonds. The molecule has 1 heterocycles. The number of hydrogen-bond donors (Lipinski definition) is 3. The largest absolute Gasteiger partial charge is 0.366 e. The number of benzene rings is 1. The molecule has 20 heavy (non-hydrogen) atoms. The Kier molecular flexibility index (Phi) is 3.99. The van der Waals surface area contributed by atoms with Crippen molar-refractivity contribution in [3.63, 3.8) is 0 Å². The molecular weight excluding hydrogens is 284 g/mol. The van der Waals surface area contributed by atoms with Crippen molar-refractivity contribution in [3.8, 4) is 0 Å². The number of hydrazone groups is 1. The van der Waals surface area contributed by atoms with Gasteiger partial charge in [-0.2, -0.15) is 5.10 Å².